The van der Waals surface area contributed by atoms with E-state index >= 15 is 0 Å². The van der Waals surface area contributed by atoms with Gasteiger partial charge in [0.05, 0.1) is 41.1 Å². The SMILES string of the molecule is CCCCOc1cccc(C(O)=C2C(=O)C(=O)N(c3nc4ccc(C)cc4s3)C2c2ccc(C(=O)OC)cc2)c1. The Balaban J connectivity index is 1.65. The molecule has 1 aliphatic heterocycles. The molecule has 204 valence electrons. The maximum absolute atomic E-state index is 13.5. The Morgan fingerprint density at radius 2 is 1.82 bits per heavy atom. The van der Waals surface area contributed by atoms with E-state index in [1.165, 1.54) is 23.3 Å². The molecule has 1 amide bonds. The summed E-state index contributed by atoms with van der Waals surface area (Å²) < 4.78 is 11.5. The third-order valence-corrected chi connectivity index (χ3v) is 7.72. The number of unbranched alkanes of at least 4 members (excludes halogenated alkanes) is 1. The zero-order valence-corrected chi connectivity index (χ0v) is 23.2. The number of Topliss-reactive ketones (excluding diaryl/α,β-unsaturated/α-hetero) is 1. The van der Waals surface area contributed by atoms with Gasteiger partial charge in [-0.3, -0.25) is 14.5 Å². The number of hydrogen-bond donors (Lipinski definition) is 1. The van der Waals surface area contributed by atoms with Gasteiger partial charge < -0.3 is 14.6 Å². The highest BCUT2D eigenvalue weighted by Crippen LogP contribution is 2.44. The molecule has 1 saturated heterocycles. The lowest BCUT2D eigenvalue weighted by Crippen LogP contribution is -2.29. The lowest BCUT2D eigenvalue weighted by atomic mass is 9.94. The van der Waals surface area contributed by atoms with Gasteiger partial charge in [0, 0.05) is 5.56 Å². The van der Waals surface area contributed by atoms with Crippen LogP contribution in [0.3, 0.4) is 0 Å². The molecule has 40 heavy (non-hydrogen) atoms. The molecule has 0 radical (unpaired) electrons. The van der Waals surface area contributed by atoms with Gasteiger partial charge in [-0.25, -0.2) is 9.78 Å². The first-order chi connectivity index (χ1) is 19.3. The molecule has 0 saturated carbocycles. The van der Waals surface area contributed by atoms with E-state index in [0.29, 0.717) is 39.7 Å². The first-order valence-corrected chi connectivity index (χ1v) is 13.7. The van der Waals surface area contributed by atoms with Crippen LogP contribution in [0.2, 0.25) is 0 Å². The van der Waals surface area contributed by atoms with Gasteiger partial charge in [0.15, 0.2) is 5.13 Å². The van der Waals surface area contributed by atoms with Gasteiger partial charge in [-0.2, -0.15) is 0 Å². The van der Waals surface area contributed by atoms with Crippen LogP contribution in [0.25, 0.3) is 16.0 Å². The van der Waals surface area contributed by atoms with E-state index in [2.05, 4.69) is 11.9 Å². The van der Waals surface area contributed by atoms with Crippen LogP contribution in [-0.4, -0.2) is 41.5 Å². The second kappa shape index (κ2) is 11.3. The predicted octanol–water partition coefficient (Wildman–Crippen LogP) is 6.20. The van der Waals surface area contributed by atoms with Crippen molar-refractivity contribution in [1.29, 1.82) is 0 Å². The number of aromatic nitrogens is 1. The summed E-state index contributed by atoms with van der Waals surface area (Å²) in [5.41, 5.74) is 2.86. The number of anilines is 1. The van der Waals surface area contributed by atoms with Crippen molar-refractivity contribution in [3.8, 4) is 5.75 Å². The molecular formula is C31H28N2O6S. The Labute approximate surface area is 235 Å². The topological polar surface area (TPSA) is 106 Å². The predicted molar refractivity (Wildman–Crippen MR) is 154 cm³/mol. The highest BCUT2D eigenvalue weighted by molar-refractivity contribution is 7.22. The van der Waals surface area contributed by atoms with Crippen LogP contribution in [0.15, 0.2) is 72.3 Å². The molecule has 1 unspecified atom stereocenters. The van der Waals surface area contributed by atoms with Crippen LogP contribution in [0.5, 0.6) is 5.75 Å². The van der Waals surface area contributed by atoms with Crippen molar-refractivity contribution >= 4 is 50.1 Å². The van der Waals surface area contributed by atoms with Gasteiger partial charge in [-0.1, -0.05) is 55.0 Å². The number of carbonyl (C=O) groups is 3. The summed E-state index contributed by atoms with van der Waals surface area (Å²) in [4.78, 5) is 45.1. The van der Waals surface area contributed by atoms with Crippen molar-refractivity contribution in [2.45, 2.75) is 32.7 Å². The molecule has 5 rings (SSSR count). The Kier molecular flexibility index (Phi) is 7.66. The van der Waals surface area contributed by atoms with E-state index in [1.807, 2.05) is 25.1 Å². The van der Waals surface area contributed by atoms with Crippen LogP contribution in [0.4, 0.5) is 5.13 Å². The zero-order chi connectivity index (χ0) is 28.4. The van der Waals surface area contributed by atoms with Crippen molar-refractivity contribution in [2.24, 2.45) is 0 Å². The third-order valence-electron chi connectivity index (χ3n) is 6.70. The number of hydrogen-bond acceptors (Lipinski definition) is 8. The largest absolute Gasteiger partial charge is 0.507 e. The average Bonchev–Trinajstić information content (AvgIpc) is 3.50. The van der Waals surface area contributed by atoms with Crippen LogP contribution >= 0.6 is 11.3 Å². The molecule has 0 spiro atoms. The highest BCUT2D eigenvalue weighted by atomic mass is 32.1. The number of aliphatic hydroxyl groups excluding tert-OH is 1. The quantitative estimate of drug-likeness (QED) is 0.0906. The van der Waals surface area contributed by atoms with Crippen LogP contribution < -0.4 is 9.64 Å². The molecule has 1 N–H and O–H groups in total. The standard InChI is InChI=1S/C31H28N2O6S/c1-4-5-15-39-22-8-6-7-21(17-22)27(34)25-26(19-10-12-20(13-11-19)30(37)38-3)33(29(36)28(25)35)31-32-23-14-9-18(2)16-24(23)40-31/h6-14,16-17,26,34H,4-5,15H2,1-3H3. The number of thiazole rings is 1. The number of rotatable bonds is 8. The number of fused-ring (bicyclic) bond motifs is 1. The first-order valence-electron chi connectivity index (χ1n) is 12.9. The van der Waals surface area contributed by atoms with Crippen LogP contribution in [0, 0.1) is 6.92 Å². The van der Waals surface area contributed by atoms with E-state index in [4.69, 9.17) is 9.47 Å². The van der Waals surface area contributed by atoms with Gasteiger partial charge in [-0.05, 0) is 60.9 Å². The first kappa shape index (κ1) is 27.1. The molecule has 0 bridgehead atoms. The summed E-state index contributed by atoms with van der Waals surface area (Å²) in [5.74, 6) is -1.91. The molecular weight excluding hydrogens is 528 g/mol. The number of methoxy groups -OCH3 is 1. The van der Waals surface area contributed by atoms with Crippen molar-refractivity contribution in [2.75, 3.05) is 18.6 Å². The summed E-state index contributed by atoms with van der Waals surface area (Å²) >= 11 is 1.29. The van der Waals surface area contributed by atoms with E-state index < -0.39 is 23.7 Å². The monoisotopic (exact) mass is 556 g/mol. The van der Waals surface area contributed by atoms with Crippen LogP contribution in [0.1, 0.15) is 52.9 Å². The lowest BCUT2D eigenvalue weighted by molar-refractivity contribution is -0.132. The number of benzene rings is 3. The molecule has 3 aromatic carbocycles. The van der Waals surface area contributed by atoms with Gasteiger partial charge in [0.1, 0.15) is 11.5 Å². The minimum atomic E-state index is -0.974. The molecule has 8 nitrogen and oxygen atoms in total. The van der Waals surface area contributed by atoms with Crippen molar-refractivity contribution in [3.63, 3.8) is 0 Å². The van der Waals surface area contributed by atoms with E-state index in [9.17, 15) is 19.5 Å². The van der Waals surface area contributed by atoms with Crippen molar-refractivity contribution in [1.82, 2.24) is 4.98 Å². The Bertz CT molecular complexity index is 1640. The number of aryl methyl sites for hydroxylation is 1. The Morgan fingerprint density at radius 3 is 2.55 bits per heavy atom. The lowest BCUT2D eigenvalue weighted by Gasteiger charge is -2.23. The fraction of sp³-hybridized carbons (Fsp3) is 0.226. The van der Waals surface area contributed by atoms with Gasteiger partial charge in [0.2, 0.25) is 0 Å². The third kappa shape index (κ3) is 5.08. The van der Waals surface area contributed by atoms with Gasteiger partial charge in [0.25, 0.3) is 5.78 Å². The Morgan fingerprint density at radius 1 is 1.05 bits per heavy atom. The van der Waals surface area contributed by atoms with Crippen molar-refractivity contribution < 1.29 is 29.0 Å². The van der Waals surface area contributed by atoms with Crippen molar-refractivity contribution in [3.05, 3.63) is 94.6 Å². The molecule has 2 heterocycles. The van der Waals surface area contributed by atoms with E-state index in [0.717, 1.165) is 23.1 Å². The molecule has 1 aliphatic rings. The number of carbonyl (C=O) groups excluding carboxylic acids is 3. The minimum absolute atomic E-state index is 0.0723. The smallest absolute Gasteiger partial charge is 0.337 e. The molecule has 4 aromatic rings. The van der Waals surface area contributed by atoms with Gasteiger partial charge in [-0.15, -0.1) is 0 Å². The highest BCUT2D eigenvalue weighted by Gasteiger charge is 2.48. The second-order valence-electron chi connectivity index (χ2n) is 9.48. The molecule has 1 fully saturated rings. The minimum Gasteiger partial charge on any atom is -0.507 e. The summed E-state index contributed by atoms with van der Waals surface area (Å²) in [6, 6.07) is 18.0. The molecule has 1 aromatic heterocycles. The summed E-state index contributed by atoms with van der Waals surface area (Å²) in [5, 5.41) is 11.8. The summed E-state index contributed by atoms with van der Waals surface area (Å²) in [7, 11) is 1.29. The maximum atomic E-state index is 13.5. The zero-order valence-electron chi connectivity index (χ0n) is 22.3. The molecule has 1 atom stereocenters. The average molecular weight is 557 g/mol. The molecule has 0 aliphatic carbocycles. The fourth-order valence-corrected chi connectivity index (χ4v) is 5.70. The number of aliphatic hydroxyl groups is 1. The fourth-order valence-electron chi connectivity index (χ4n) is 4.61. The van der Waals surface area contributed by atoms with Crippen LogP contribution in [-0.2, 0) is 14.3 Å². The number of nitrogens with zero attached hydrogens (tertiary/aromatic N) is 2. The second-order valence-corrected chi connectivity index (χ2v) is 10.5. The maximum Gasteiger partial charge on any atom is 0.337 e. The van der Waals surface area contributed by atoms with E-state index in [1.54, 1.807) is 48.5 Å². The van der Waals surface area contributed by atoms with E-state index in [-0.39, 0.29) is 11.3 Å². The summed E-state index contributed by atoms with van der Waals surface area (Å²) in [6.07, 6.45) is 1.85. The molecule has 9 heteroatoms. The number of ketones is 1. The number of ether oxygens (including phenoxy) is 2. The summed E-state index contributed by atoms with van der Waals surface area (Å²) in [6.45, 7) is 4.55. The normalized spacial score (nSPS) is 16.5. The van der Waals surface area contributed by atoms with Gasteiger partial charge >= 0.3 is 11.9 Å². The number of esters is 1. The Hall–Kier alpha value is -4.50. The number of amides is 1.